The Morgan fingerprint density at radius 2 is 0.958 bits per heavy atom. The Morgan fingerprint density at radius 1 is 0.625 bits per heavy atom. The lowest BCUT2D eigenvalue weighted by Crippen LogP contribution is -2.27. The van der Waals surface area contributed by atoms with Crippen LogP contribution in [0.1, 0.15) is 87.5 Å². The van der Waals surface area contributed by atoms with Gasteiger partial charge < -0.3 is 9.13 Å². The van der Waals surface area contributed by atoms with Gasteiger partial charge in [0, 0.05) is 28.0 Å². The Balaban J connectivity index is 5.75. The van der Waals surface area contributed by atoms with Crippen molar-refractivity contribution in [1.29, 1.82) is 0 Å². The minimum atomic E-state index is -2.53. The number of hydrogen-bond donors (Lipinski definition) is 0. The summed E-state index contributed by atoms with van der Waals surface area (Å²) in [5.74, 6) is 0. The van der Waals surface area contributed by atoms with Gasteiger partial charge in [-0.2, -0.15) is 0 Å². The van der Waals surface area contributed by atoms with Gasteiger partial charge in [0.1, 0.15) is 14.3 Å². The van der Waals surface area contributed by atoms with E-state index in [9.17, 15) is 9.13 Å². The first-order valence-electron chi connectivity index (χ1n) is 9.71. The van der Waals surface area contributed by atoms with Crippen LogP contribution in [0.2, 0.25) is 0 Å². The van der Waals surface area contributed by atoms with Crippen LogP contribution in [0.15, 0.2) is 0 Å². The standard InChI is InChI=1S/C19H41BrO2P2/c1-15(2)23(21,16(3)4)19(13-11-9-10-12-14-20)24(22,17(5)6)18(7)8/h15-19H,9-14H2,1-8H3. The molecule has 146 valence electrons. The van der Waals surface area contributed by atoms with Crippen LogP contribution in [0.4, 0.5) is 0 Å². The van der Waals surface area contributed by atoms with E-state index in [1.165, 1.54) is 12.8 Å². The van der Waals surface area contributed by atoms with Gasteiger partial charge in [-0.1, -0.05) is 90.6 Å². The molecule has 0 bridgehead atoms. The molecule has 0 atom stereocenters. The second kappa shape index (κ2) is 10.9. The van der Waals surface area contributed by atoms with Gasteiger partial charge in [-0.25, -0.2) is 0 Å². The van der Waals surface area contributed by atoms with E-state index < -0.39 is 14.3 Å². The van der Waals surface area contributed by atoms with Crippen molar-refractivity contribution >= 4 is 30.2 Å². The molecule has 0 aromatic carbocycles. The zero-order valence-electron chi connectivity index (χ0n) is 17.2. The highest BCUT2D eigenvalue weighted by Gasteiger charge is 2.50. The van der Waals surface area contributed by atoms with Crippen LogP contribution < -0.4 is 0 Å². The van der Waals surface area contributed by atoms with Crippen LogP contribution in [0.25, 0.3) is 0 Å². The van der Waals surface area contributed by atoms with Gasteiger partial charge in [0.25, 0.3) is 0 Å². The molecule has 0 unspecified atom stereocenters. The monoisotopic (exact) mass is 442 g/mol. The molecule has 0 rings (SSSR count). The molecule has 0 N–H and O–H groups in total. The van der Waals surface area contributed by atoms with Crippen molar-refractivity contribution in [2.45, 2.75) is 116 Å². The summed E-state index contributed by atoms with van der Waals surface area (Å²) in [6.45, 7) is 16.6. The zero-order chi connectivity index (χ0) is 19.1. The van der Waals surface area contributed by atoms with Crippen molar-refractivity contribution in [2.24, 2.45) is 0 Å². The molecule has 5 heteroatoms. The molecule has 24 heavy (non-hydrogen) atoms. The molecule has 0 aliphatic carbocycles. The number of alkyl halides is 1. The van der Waals surface area contributed by atoms with Crippen LogP contribution in [0, 0.1) is 0 Å². The van der Waals surface area contributed by atoms with Gasteiger partial charge in [-0.15, -0.1) is 0 Å². The highest BCUT2D eigenvalue weighted by atomic mass is 79.9. The summed E-state index contributed by atoms with van der Waals surface area (Å²) < 4.78 is 28.2. The highest BCUT2D eigenvalue weighted by Crippen LogP contribution is 2.76. The number of rotatable bonds is 12. The van der Waals surface area contributed by atoms with Gasteiger partial charge in [0.15, 0.2) is 0 Å². The van der Waals surface area contributed by atoms with Crippen LogP contribution in [0.3, 0.4) is 0 Å². The second-order valence-electron chi connectivity index (χ2n) is 8.27. The predicted octanol–water partition coefficient (Wildman–Crippen LogP) is 8.02. The van der Waals surface area contributed by atoms with E-state index in [4.69, 9.17) is 0 Å². The third-order valence-corrected chi connectivity index (χ3v) is 17.1. The van der Waals surface area contributed by atoms with Gasteiger partial charge in [-0.05, 0) is 12.8 Å². The summed E-state index contributed by atoms with van der Waals surface area (Å²) in [4.78, 5) is 0. The topological polar surface area (TPSA) is 34.1 Å². The van der Waals surface area contributed by atoms with Crippen molar-refractivity contribution in [2.75, 3.05) is 5.33 Å². The molecule has 2 nitrogen and oxygen atoms in total. The fourth-order valence-electron chi connectivity index (χ4n) is 4.03. The second-order valence-corrected chi connectivity index (χ2v) is 17.9. The van der Waals surface area contributed by atoms with E-state index in [2.05, 4.69) is 71.3 Å². The van der Waals surface area contributed by atoms with E-state index in [1.807, 2.05) is 0 Å². The van der Waals surface area contributed by atoms with Crippen molar-refractivity contribution in [1.82, 2.24) is 0 Å². The summed E-state index contributed by atoms with van der Waals surface area (Å²) in [5, 5.41) is 0.942. The number of unbranched alkanes of at least 4 members (excludes halogenated alkanes) is 3. The molecule has 0 aliphatic rings. The van der Waals surface area contributed by atoms with Crippen molar-refractivity contribution in [3.05, 3.63) is 0 Å². The Morgan fingerprint density at radius 3 is 1.25 bits per heavy atom. The van der Waals surface area contributed by atoms with Crippen LogP contribution in [-0.4, -0.2) is 33.4 Å². The summed E-state index contributed by atoms with van der Waals surface area (Å²) in [7, 11) is -5.06. The minimum absolute atomic E-state index is 0.103. The van der Waals surface area contributed by atoms with Crippen LogP contribution >= 0.6 is 30.2 Å². The normalized spacial score (nSPS) is 13.9. The van der Waals surface area contributed by atoms with Crippen molar-refractivity contribution in [3.63, 3.8) is 0 Å². The molecule has 0 saturated carbocycles. The highest BCUT2D eigenvalue weighted by molar-refractivity contribution is 9.09. The van der Waals surface area contributed by atoms with E-state index in [1.54, 1.807) is 0 Å². The maximum absolute atomic E-state index is 14.1. The molecular weight excluding hydrogens is 402 g/mol. The Kier molecular flexibility index (Phi) is 11.4. The lowest BCUT2D eigenvalue weighted by Gasteiger charge is -2.42. The number of halogens is 1. The van der Waals surface area contributed by atoms with E-state index in [-0.39, 0.29) is 28.0 Å². The van der Waals surface area contributed by atoms with Crippen LogP contribution in [0.5, 0.6) is 0 Å². The summed E-state index contributed by atoms with van der Waals surface area (Å²) >= 11 is 3.48. The van der Waals surface area contributed by atoms with Gasteiger partial charge in [-0.3, -0.25) is 0 Å². The molecule has 0 radical (unpaired) electrons. The van der Waals surface area contributed by atoms with Gasteiger partial charge >= 0.3 is 0 Å². The lowest BCUT2D eigenvalue weighted by atomic mass is 10.2. The van der Waals surface area contributed by atoms with Crippen molar-refractivity contribution < 1.29 is 9.13 Å². The van der Waals surface area contributed by atoms with E-state index in [0.29, 0.717) is 0 Å². The van der Waals surface area contributed by atoms with E-state index >= 15 is 0 Å². The predicted molar refractivity (Wildman–Crippen MR) is 116 cm³/mol. The average Bonchev–Trinajstić information content (AvgIpc) is 2.48. The quantitative estimate of drug-likeness (QED) is 0.174. The SMILES string of the molecule is CC(C)P(=O)(C(C)C)C(CCCCCCBr)P(=O)(C(C)C)C(C)C. The fraction of sp³-hybridized carbons (Fsp3) is 1.00. The fourth-order valence-corrected chi connectivity index (χ4v) is 16.2. The Hall–Kier alpha value is 0.940. The molecular formula is C19H41BrO2P2. The molecule has 0 aromatic rings. The van der Waals surface area contributed by atoms with Gasteiger partial charge in [0.05, 0.1) is 5.40 Å². The van der Waals surface area contributed by atoms with Gasteiger partial charge in [0.2, 0.25) is 0 Å². The number of hydrogen-bond acceptors (Lipinski definition) is 2. The first kappa shape index (κ1) is 24.9. The zero-order valence-corrected chi connectivity index (χ0v) is 20.6. The molecule has 0 saturated heterocycles. The molecule has 0 spiro atoms. The minimum Gasteiger partial charge on any atom is -0.322 e. The van der Waals surface area contributed by atoms with Crippen molar-refractivity contribution in [3.8, 4) is 0 Å². The maximum Gasteiger partial charge on any atom is 0.102 e. The summed E-state index contributed by atoms with van der Waals surface area (Å²) in [6.07, 6.45) is 5.44. The Bertz CT molecular complexity index is 387. The van der Waals surface area contributed by atoms with Crippen LogP contribution in [-0.2, 0) is 9.13 Å². The first-order valence-corrected chi connectivity index (χ1v) is 14.7. The molecule has 0 fully saturated rings. The molecule has 0 heterocycles. The Labute approximate surface area is 160 Å². The summed E-state index contributed by atoms with van der Waals surface area (Å²) in [6, 6.07) is 0. The largest absolute Gasteiger partial charge is 0.322 e. The third kappa shape index (κ3) is 5.72. The molecule has 0 amide bonds. The molecule has 0 aliphatic heterocycles. The average molecular weight is 443 g/mol. The van der Waals surface area contributed by atoms with E-state index in [0.717, 1.165) is 24.6 Å². The first-order chi connectivity index (χ1) is 11.0. The smallest absolute Gasteiger partial charge is 0.102 e. The lowest BCUT2D eigenvalue weighted by molar-refractivity contribution is 0.530. The molecule has 0 aromatic heterocycles. The maximum atomic E-state index is 14.1. The summed E-state index contributed by atoms with van der Waals surface area (Å²) in [5.41, 5.74) is 0.429. The third-order valence-electron chi connectivity index (χ3n) is 5.51.